The van der Waals surface area contributed by atoms with E-state index in [1.165, 1.54) is 0 Å². The van der Waals surface area contributed by atoms with E-state index < -0.39 is 8.07 Å². The molecule has 1 rings (SSSR count). The Morgan fingerprint density at radius 3 is 2.20 bits per heavy atom. The van der Waals surface area contributed by atoms with Crippen molar-refractivity contribution in [2.24, 2.45) is 0 Å². The molecule has 0 spiro atoms. The van der Waals surface area contributed by atoms with Crippen LogP contribution in [0.3, 0.4) is 0 Å². The molecule has 1 amide bonds. The fourth-order valence-electron chi connectivity index (χ4n) is 2.41. The van der Waals surface area contributed by atoms with E-state index in [0.717, 1.165) is 10.9 Å². The van der Waals surface area contributed by atoms with Gasteiger partial charge in [-0.15, -0.1) is 0 Å². The van der Waals surface area contributed by atoms with E-state index in [2.05, 4.69) is 19.6 Å². The number of nitrogens with two attached hydrogens (primary N) is 1. The van der Waals surface area contributed by atoms with E-state index in [9.17, 15) is 4.79 Å². The van der Waals surface area contributed by atoms with Crippen LogP contribution in [0.25, 0.3) is 0 Å². The van der Waals surface area contributed by atoms with Gasteiger partial charge in [0.05, 0.1) is 20.7 Å². The highest BCUT2D eigenvalue weighted by atomic mass is 28.3. The molecule has 112 valence electrons. The summed E-state index contributed by atoms with van der Waals surface area (Å²) in [5, 5.41) is 1.01. The lowest BCUT2D eigenvalue weighted by atomic mass is 10.1. The normalized spacial score (nSPS) is 11.3. The largest absolute Gasteiger partial charge is 0.497 e. The zero-order valence-corrected chi connectivity index (χ0v) is 14.4. The van der Waals surface area contributed by atoms with Crippen molar-refractivity contribution in [2.75, 3.05) is 25.9 Å². The summed E-state index contributed by atoms with van der Waals surface area (Å²) in [5.41, 5.74) is 7.28. The van der Waals surface area contributed by atoms with Gasteiger partial charge in [-0.05, 0) is 31.2 Å². The second-order valence-electron chi connectivity index (χ2n) is 5.83. The van der Waals surface area contributed by atoms with Crippen molar-refractivity contribution in [3.8, 4) is 5.75 Å². The van der Waals surface area contributed by atoms with Crippen LogP contribution in [0.15, 0.2) is 12.1 Å². The van der Waals surface area contributed by atoms with E-state index in [4.69, 9.17) is 10.5 Å². The highest BCUT2D eigenvalue weighted by Crippen LogP contribution is 2.23. The number of carbonyl (C=O) groups is 1. The molecular formula is C15H26N2O2Si. The third-order valence-electron chi connectivity index (χ3n) is 3.43. The van der Waals surface area contributed by atoms with Crippen LogP contribution >= 0.6 is 0 Å². The number of rotatable bonds is 5. The third kappa shape index (κ3) is 3.15. The number of methoxy groups -OCH3 is 1. The molecule has 4 nitrogen and oxygen atoms in total. The summed E-state index contributed by atoms with van der Waals surface area (Å²) in [5.74, 6) is 0.776. The van der Waals surface area contributed by atoms with Crippen molar-refractivity contribution in [3.05, 3.63) is 17.7 Å². The minimum atomic E-state index is -1.76. The Hall–Kier alpha value is -1.49. The van der Waals surface area contributed by atoms with Crippen LogP contribution in [0.1, 0.15) is 24.2 Å². The lowest BCUT2D eigenvalue weighted by Gasteiger charge is -2.27. The summed E-state index contributed by atoms with van der Waals surface area (Å²) in [4.78, 5) is 14.6. The van der Waals surface area contributed by atoms with Crippen molar-refractivity contribution in [2.45, 2.75) is 33.5 Å². The van der Waals surface area contributed by atoms with Crippen molar-refractivity contribution in [1.82, 2.24) is 4.90 Å². The van der Waals surface area contributed by atoms with Gasteiger partial charge < -0.3 is 15.4 Å². The smallest absolute Gasteiger partial charge is 0.255 e. The van der Waals surface area contributed by atoms with Crippen LogP contribution in [-0.4, -0.2) is 39.1 Å². The summed E-state index contributed by atoms with van der Waals surface area (Å²) < 4.78 is 5.47. The number of hydrogen-bond acceptors (Lipinski definition) is 3. The first-order valence-electron chi connectivity index (χ1n) is 7.04. The van der Waals surface area contributed by atoms with Gasteiger partial charge in [-0.1, -0.05) is 19.6 Å². The average Bonchev–Trinajstić information content (AvgIpc) is 2.38. The number of nitrogen functional groups attached to an aromatic ring is 1. The van der Waals surface area contributed by atoms with Crippen LogP contribution in [0.5, 0.6) is 5.75 Å². The van der Waals surface area contributed by atoms with Gasteiger partial charge in [0, 0.05) is 18.8 Å². The molecule has 0 heterocycles. The lowest BCUT2D eigenvalue weighted by molar-refractivity contribution is 0.0775. The van der Waals surface area contributed by atoms with E-state index in [1.54, 1.807) is 18.1 Å². The second kappa shape index (κ2) is 6.30. The number of ether oxygens (including phenoxy) is 1. The van der Waals surface area contributed by atoms with Gasteiger partial charge in [0.1, 0.15) is 5.75 Å². The van der Waals surface area contributed by atoms with Crippen LogP contribution in [-0.2, 0) is 0 Å². The van der Waals surface area contributed by atoms with E-state index in [-0.39, 0.29) is 5.91 Å². The van der Waals surface area contributed by atoms with Gasteiger partial charge in [-0.3, -0.25) is 4.79 Å². The SMILES string of the molecule is CCN(CC)C(=O)c1c(N)ccc(OC)c1[Si](C)(C)C. The van der Waals surface area contributed by atoms with Gasteiger partial charge in [-0.25, -0.2) is 0 Å². The molecule has 1 aromatic carbocycles. The van der Waals surface area contributed by atoms with E-state index >= 15 is 0 Å². The molecule has 0 aromatic heterocycles. The molecule has 0 saturated heterocycles. The Morgan fingerprint density at radius 1 is 1.25 bits per heavy atom. The lowest BCUT2D eigenvalue weighted by Crippen LogP contribution is -2.45. The Kier molecular flexibility index (Phi) is 5.22. The maximum atomic E-state index is 12.8. The second-order valence-corrected chi connectivity index (χ2v) is 10.8. The number of hydrogen-bond donors (Lipinski definition) is 1. The fourth-order valence-corrected chi connectivity index (χ4v) is 4.34. The number of anilines is 1. The Balaban J connectivity index is 3.55. The van der Waals surface area contributed by atoms with Gasteiger partial charge >= 0.3 is 0 Å². The average molecular weight is 294 g/mol. The highest BCUT2D eigenvalue weighted by molar-refractivity contribution is 6.90. The van der Waals surface area contributed by atoms with Gasteiger partial charge in [-0.2, -0.15) is 0 Å². The molecule has 0 aliphatic rings. The molecule has 0 bridgehead atoms. The molecule has 0 fully saturated rings. The van der Waals surface area contributed by atoms with Crippen molar-refractivity contribution >= 4 is 24.9 Å². The Morgan fingerprint density at radius 2 is 1.80 bits per heavy atom. The van der Waals surface area contributed by atoms with Gasteiger partial charge in [0.15, 0.2) is 0 Å². The van der Waals surface area contributed by atoms with Crippen LogP contribution in [0.2, 0.25) is 19.6 Å². The maximum absolute atomic E-state index is 12.8. The van der Waals surface area contributed by atoms with E-state index in [0.29, 0.717) is 24.3 Å². The van der Waals surface area contributed by atoms with Gasteiger partial charge in [0.25, 0.3) is 5.91 Å². The van der Waals surface area contributed by atoms with Gasteiger partial charge in [0.2, 0.25) is 0 Å². The predicted molar refractivity (Wildman–Crippen MR) is 87.6 cm³/mol. The first-order valence-corrected chi connectivity index (χ1v) is 10.5. The molecular weight excluding hydrogens is 268 g/mol. The zero-order chi connectivity index (χ0) is 15.5. The van der Waals surface area contributed by atoms with Crippen LogP contribution in [0.4, 0.5) is 5.69 Å². The maximum Gasteiger partial charge on any atom is 0.255 e. The predicted octanol–water partition coefficient (Wildman–Crippen LogP) is 2.30. The number of benzene rings is 1. The number of nitrogens with zero attached hydrogens (tertiary/aromatic N) is 1. The standard InChI is InChI=1S/C15H26N2O2Si/c1-7-17(8-2)15(18)13-11(16)9-10-12(19-3)14(13)20(4,5)6/h9-10H,7-8,16H2,1-6H3. The summed E-state index contributed by atoms with van der Waals surface area (Å²) in [7, 11) is -0.122. The molecule has 5 heteroatoms. The molecule has 0 atom stereocenters. The molecule has 0 saturated carbocycles. The number of carbonyl (C=O) groups excluding carboxylic acids is 1. The number of amides is 1. The summed E-state index contributed by atoms with van der Waals surface area (Å²) in [6, 6.07) is 3.63. The molecule has 1 aromatic rings. The molecule has 0 aliphatic heterocycles. The summed E-state index contributed by atoms with van der Waals surface area (Å²) >= 11 is 0. The van der Waals surface area contributed by atoms with E-state index in [1.807, 2.05) is 19.9 Å². The Labute approximate surface area is 122 Å². The van der Waals surface area contributed by atoms with Crippen LogP contribution in [0, 0.1) is 0 Å². The quantitative estimate of drug-likeness (QED) is 0.670. The first-order chi connectivity index (χ1) is 9.27. The molecule has 2 N–H and O–H groups in total. The summed E-state index contributed by atoms with van der Waals surface area (Å²) in [6.07, 6.45) is 0. The Bertz CT molecular complexity index is 491. The first kappa shape index (κ1) is 16.6. The van der Waals surface area contributed by atoms with Crippen molar-refractivity contribution in [1.29, 1.82) is 0 Å². The minimum Gasteiger partial charge on any atom is -0.497 e. The topological polar surface area (TPSA) is 55.6 Å². The molecule has 0 aliphatic carbocycles. The highest BCUT2D eigenvalue weighted by Gasteiger charge is 2.30. The van der Waals surface area contributed by atoms with Crippen LogP contribution < -0.4 is 15.7 Å². The molecule has 0 radical (unpaired) electrons. The third-order valence-corrected chi connectivity index (χ3v) is 5.43. The molecule has 0 unspecified atom stereocenters. The van der Waals surface area contributed by atoms with Crippen molar-refractivity contribution in [3.63, 3.8) is 0 Å². The monoisotopic (exact) mass is 294 g/mol. The van der Waals surface area contributed by atoms with Crippen molar-refractivity contribution < 1.29 is 9.53 Å². The molecule has 20 heavy (non-hydrogen) atoms. The minimum absolute atomic E-state index is 0.00354. The summed E-state index contributed by atoms with van der Waals surface area (Å²) in [6.45, 7) is 11.9. The fraction of sp³-hybridized carbons (Fsp3) is 0.533. The zero-order valence-electron chi connectivity index (χ0n) is 13.4.